The van der Waals surface area contributed by atoms with E-state index in [4.69, 9.17) is 9.47 Å². The summed E-state index contributed by atoms with van der Waals surface area (Å²) in [7, 11) is 1.55. The average molecular weight is 590 g/mol. The first-order valence-corrected chi connectivity index (χ1v) is 14.4. The summed E-state index contributed by atoms with van der Waals surface area (Å²) in [5, 5.41) is 6.40. The molecule has 4 atom stereocenters. The third-order valence-electron chi connectivity index (χ3n) is 8.02. The Labute approximate surface area is 248 Å². The maximum Gasteiger partial charge on any atom is 0.340 e. The number of aromatic amines is 1. The minimum absolute atomic E-state index is 0.0563. The normalized spacial score (nSPS) is 21.2. The van der Waals surface area contributed by atoms with Gasteiger partial charge in [0, 0.05) is 42.3 Å². The number of esters is 1. The molecule has 12 heteroatoms. The zero-order valence-electron chi connectivity index (χ0n) is 24.1. The molecule has 2 aliphatic rings. The number of Topliss-reactive ketones (excluding diaryl/α,β-unsaturated/α-hetero) is 1. The monoisotopic (exact) mass is 589 g/mol. The molecule has 1 unspecified atom stereocenters. The van der Waals surface area contributed by atoms with Gasteiger partial charge in [0.05, 0.1) is 18.7 Å². The first kappa shape index (κ1) is 29.7. The average Bonchev–Trinajstić information content (AvgIpc) is 3.46. The molecule has 0 spiro atoms. The number of hydrogen-bond acceptors (Lipinski definition) is 8. The number of piperidine rings is 2. The minimum atomic E-state index is -1.01. The number of carbonyl (C=O) groups excluding carboxylic acids is 5. The zero-order chi connectivity index (χ0) is 30.5. The maximum atomic E-state index is 13.9. The Kier molecular flexibility index (Phi) is 9.03. The Morgan fingerprint density at radius 1 is 1.19 bits per heavy atom. The summed E-state index contributed by atoms with van der Waals surface area (Å²) in [6, 6.07) is 8.29. The summed E-state index contributed by atoms with van der Waals surface area (Å²) in [5.74, 6) is -2.19. The smallest absolute Gasteiger partial charge is 0.340 e. The number of fused-ring (bicyclic) bond motifs is 1. The fraction of sp³-hybridized carbons (Fsp3) is 0.419. The number of nitrogens with zero attached hydrogens (tertiary/aromatic N) is 2. The van der Waals surface area contributed by atoms with Gasteiger partial charge in [-0.2, -0.15) is 0 Å². The quantitative estimate of drug-likeness (QED) is 0.304. The summed E-state index contributed by atoms with van der Waals surface area (Å²) in [6.45, 7) is 2.18. The van der Waals surface area contributed by atoms with E-state index >= 15 is 0 Å². The highest BCUT2D eigenvalue weighted by molar-refractivity contribution is 6.02. The molecule has 4 heterocycles. The highest BCUT2D eigenvalue weighted by Gasteiger charge is 2.42. The molecule has 2 aromatic heterocycles. The molecule has 0 saturated carbocycles. The van der Waals surface area contributed by atoms with E-state index in [2.05, 4.69) is 20.6 Å². The molecule has 1 aromatic carbocycles. The Morgan fingerprint density at radius 3 is 2.77 bits per heavy atom. The van der Waals surface area contributed by atoms with Crippen LogP contribution in [0.1, 0.15) is 53.5 Å². The van der Waals surface area contributed by atoms with E-state index < -0.39 is 48.2 Å². The molecule has 2 aliphatic heterocycles. The number of ether oxygens (including phenoxy) is 2. The van der Waals surface area contributed by atoms with Gasteiger partial charge in [-0.1, -0.05) is 13.0 Å². The highest BCUT2D eigenvalue weighted by atomic mass is 16.5. The first-order chi connectivity index (χ1) is 20.7. The van der Waals surface area contributed by atoms with Crippen LogP contribution < -0.4 is 15.4 Å². The molecule has 3 N–H and O–H groups in total. The number of ketones is 1. The van der Waals surface area contributed by atoms with Gasteiger partial charge in [-0.05, 0) is 61.9 Å². The molecule has 0 radical (unpaired) electrons. The second kappa shape index (κ2) is 13.1. The topological polar surface area (TPSA) is 160 Å². The van der Waals surface area contributed by atoms with Crippen LogP contribution in [-0.4, -0.2) is 83.2 Å². The van der Waals surface area contributed by atoms with Crippen molar-refractivity contribution in [3.63, 3.8) is 0 Å². The van der Waals surface area contributed by atoms with Crippen LogP contribution in [0.25, 0.3) is 10.9 Å². The van der Waals surface area contributed by atoms with Crippen LogP contribution in [0.3, 0.4) is 0 Å². The highest BCUT2D eigenvalue weighted by Crippen LogP contribution is 2.28. The lowest BCUT2D eigenvalue weighted by Gasteiger charge is -2.41. The minimum Gasteiger partial charge on any atom is -0.496 e. The van der Waals surface area contributed by atoms with Crippen LogP contribution >= 0.6 is 0 Å². The van der Waals surface area contributed by atoms with Gasteiger partial charge in [-0.25, -0.2) is 4.79 Å². The van der Waals surface area contributed by atoms with E-state index in [9.17, 15) is 24.0 Å². The molecule has 5 rings (SSSR count). The van der Waals surface area contributed by atoms with Crippen LogP contribution in [-0.2, 0) is 19.1 Å². The van der Waals surface area contributed by atoms with Gasteiger partial charge < -0.3 is 30.0 Å². The first-order valence-electron chi connectivity index (χ1n) is 14.4. The van der Waals surface area contributed by atoms with Crippen LogP contribution in [0.4, 0.5) is 0 Å². The molecule has 3 amide bonds. The van der Waals surface area contributed by atoms with Crippen LogP contribution in [0, 0.1) is 11.8 Å². The standard InChI is InChI=1S/C31H35N5O7/c1-18-12-24(35-29(39)23-14-21-22(34-23)8-3-9-27(21)42-2)30(40)36(16-18)25(13-19-6-5-11-33-28(19)38)26(37)17-43-31(41)20-7-4-10-32-15-20/h3-4,7-10,14-15,18-19,24-25,34H,5-6,11-13,16-17H2,1-2H3,(H,33,38)(H,35,39)/t18?,19-,24-,25-/m0/s1. The third-order valence-corrected chi connectivity index (χ3v) is 8.02. The summed E-state index contributed by atoms with van der Waals surface area (Å²) in [4.78, 5) is 74.3. The Morgan fingerprint density at radius 2 is 2.02 bits per heavy atom. The van der Waals surface area contributed by atoms with Crippen LogP contribution in [0.5, 0.6) is 5.75 Å². The molecule has 43 heavy (non-hydrogen) atoms. The maximum absolute atomic E-state index is 13.9. The number of amides is 3. The van der Waals surface area contributed by atoms with Crippen LogP contribution in [0.2, 0.25) is 0 Å². The number of nitrogens with one attached hydrogen (secondary N) is 3. The van der Waals surface area contributed by atoms with Gasteiger partial charge in [0.25, 0.3) is 5.91 Å². The van der Waals surface area contributed by atoms with Crippen molar-refractivity contribution < 1.29 is 33.4 Å². The molecule has 226 valence electrons. The number of carbonyl (C=O) groups is 5. The number of likely N-dealkylation sites (tertiary alicyclic amines) is 1. The summed E-state index contributed by atoms with van der Waals surface area (Å²) >= 11 is 0. The van der Waals surface area contributed by atoms with Crippen molar-refractivity contribution >= 4 is 40.4 Å². The molecule has 0 bridgehead atoms. The number of benzene rings is 1. The number of methoxy groups -OCH3 is 1. The van der Waals surface area contributed by atoms with Gasteiger partial charge in [0.1, 0.15) is 17.5 Å². The molecule has 2 fully saturated rings. The second-order valence-corrected chi connectivity index (χ2v) is 11.1. The van der Waals surface area contributed by atoms with Crippen molar-refractivity contribution in [1.82, 2.24) is 25.5 Å². The number of hydrogen-bond donors (Lipinski definition) is 3. The van der Waals surface area contributed by atoms with Crippen molar-refractivity contribution in [1.29, 1.82) is 0 Å². The van der Waals surface area contributed by atoms with E-state index in [-0.39, 0.29) is 36.0 Å². The van der Waals surface area contributed by atoms with Crippen molar-refractivity contribution in [2.24, 2.45) is 11.8 Å². The number of aromatic nitrogens is 2. The fourth-order valence-electron chi connectivity index (χ4n) is 5.83. The molecule has 2 saturated heterocycles. The Hall–Kier alpha value is -4.74. The lowest BCUT2D eigenvalue weighted by atomic mass is 9.86. The van der Waals surface area contributed by atoms with Gasteiger partial charge in [-0.3, -0.25) is 24.2 Å². The predicted molar refractivity (Wildman–Crippen MR) is 155 cm³/mol. The van der Waals surface area contributed by atoms with Gasteiger partial charge >= 0.3 is 5.97 Å². The Bertz CT molecular complexity index is 1520. The Balaban J connectivity index is 1.34. The molecular weight excluding hydrogens is 554 g/mol. The van der Waals surface area contributed by atoms with Crippen molar-refractivity contribution in [3.05, 3.63) is 60.0 Å². The zero-order valence-corrected chi connectivity index (χ0v) is 24.1. The summed E-state index contributed by atoms with van der Waals surface area (Å²) in [6.07, 6.45) is 4.66. The van der Waals surface area contributed by atoms with Gasteiger partial charge in [0.15, 0.2) is 12.4 Å². The number of rotatable bonds is 10. The van der Waals surface area contributed by atoms with Crippen molar-refractivity contribution in [2.45, 2.75) is 44.7 Å². The largest absolute Gasteiger partial charge is 0.496 e. The van der Waals surface area contributed by atoms with Crippen molar-refractivity contribution in [2.75, 3.05) is 26.8 Å². The molecule has 12 nitrogen and oxygen atoms in total. The predicted octanol–water partition coefficient (Wildman–Crippen LogP) is 2.25. The summed E-state index contributed by atoms with van der Waals surface area (Å²) < 4.78 is 10.7. The lowest BCUT2D eigenvalue weighted by molar-refractivity contribution is -0.147. The number of pyridine rings is 1. The fourth-order valence-corrected chi connectivity index (χ4v) is 5.83. The van der Waals surface area contributed by atoms with E-state index in [0.717, 1.165) is 11.8 Å². The SMILES string of the molecule is COc1cccc2[nH]c(C(=O)N[C@H]3CC(C)CN([C@@H](C[C@@H]4CCCNC4=O)C(=O)COC(=O)c4cccnc4)C3=O)cc12. The summed E-state index contributed by atoms with van der Waals surface area (Å²) in [5.41, 5.74) is 1.18. The van der Waals surface area contributed by atoms with E-state index in [1.54, 1.807) is 31.4 Å². The third kappa shape index (κ3) is 6.68. The van der Waals surface area contributed by atoms with Gasteiger partial charge in [0.2, 0.25) is 11.8 Å². The molecular formula is C31H35N5O7. The molecule has 0 aliphatic carbocycles. The van der Waals surface area contributed by atoms with E-state index in [1.807, 2.05) is 13.0 Å². The van der Waals surface area contributed by atoms with Crippen LogP contribution in [0.15, 0.2) is 48.8 Å². The lowest BCUT2D eigenvalue weighted by Crippen LogP contribution is -2.60. The van der Waals surface area contributed by atoms with Gasteiger partial charge in [-0.15, -0.1) is 0 Å². The number of H-pyrrole nitrogens is 1. The van der Waals surface area contributed by atoms with E-state index in [0.29, 0.717) is 30.7 Å². The van der Waals surface area contributed by atoms with E-state index in [1.165, 1.54) is 23.4 Å². The van der Waals surface area contributed by atoms with Crippen molar-refractivity contribution in [3.8, 4) is 5.75 Å². The molecule has 3 aromatic rings. The second-order valence-electron chi connectivity index (χ2n) is 11.1.